The van der Waals surface area contributed by atoms with Crippen LogP contribution < -0.4 is 5.32 Å². The van der Waals surface area contributed by atoms with Crippen molar-refractivity contribution >= 4 is 37.5 Å². The molecule has 0 aliphatic heterocycles. The van der Waals surface area contributed by atoms with Crippen molar-refractivity contribution in [1.29, 1.82) is 0 Å². The lowest BCUT2D eigenvalue weighted by atomic mass is 10.3. The average molecular weight is 397 g/mol. The Labute approximate surface area is 131 Å². The first-order valence-electron chi connectivity index (χ1n) is 6.07. The van der Waals surface area contributed by atoms with Crippen molar-refractivity contribution in [3.8, 4) is 0 Å². The topological polar surface area (TPSA) is 39.7 Å². The zero-order valence-corrected chi connectivity index (χ0v) is 14.1. The highest BCUT2D eigenvalue weighted by Crippen LogP contribution is 2.25. The fourth-order valence-electron chi connectivity index (χ4n) is 1.35. The van der Waals surface area contributed by atoms with E-state index in [9.17, 15) is 0 Å². The molecule has 0 aliphatic carbocycles. The van der Waals surface area contributed by atoms with Gasteiger partial charge in [0.2, 0.25) is 0 Å². The van der Waals surface area contributed by atoms with Crippen molar-refractivity contribution in [2.45, 2.75) is 0 Å². The monoisotopic (exact) mass is 395 g/mol. The predicted octanol–water partition coefficient (Wildman–Crippen LogP) is 3.30. The maximum absolute atomic E-state index is 5.45. The molecule has 108 valence electrons. The SMILES string of the molecule is COCCOCCOCCNc1ccc(Br)cc1Br. The van der Waals surface area contributed by atoms with Crippen LogP contribution in [0.25, 0.3) is 0 Å². The quantitative estimate of drug-likeness (QED) is 0.616. The van der Waals surface area contributed by atoms with Gasteiger partial charge < -0.3 is 19.5 Å². The van der Waals surface area contributed by atoms with Crippen molar-refractivity contribution in [1.82, 2.24) is 0 Å². The highest BCUT2D eigenvalue weighted by atomic mass is 79.9. The van der Waals surface area contributed by atoms with Crippen LogP contribution in [0.2, 0.25) is 0 Å². The molecule has 0 unspecified atom stereocenters. The zero-order chi connectivity index (χ0) is 13.9. The summed E-state index contributed by atoms with van der Waals surface area (Å²) in [5, 5.41) is 3.30. The Morgan fingerprint density at radius 2 is 1.68 bits per heavy atom. The van der Waals surface area contributed by atoms with Gasteiger partial charge in [0, 0.05) is 28.3 Å². The second-order valence-electron chi connectivity index (χ2n) is 3.77. The van der Waals surface area contributed by atoms with E-state index in [4.69, 9.17) is 14.2 Å². The molecule has 1 rings (SSSR count). The van der Waals surface area contributed by atoms with Crippen LogP contribution in [-0.2, 0) is 14.2 Å². The van der Waals surface area contributed by atoms with Crippen molar-refractivity contribution in [3.05, 3.63) is 27.1 Å². The highest BCUT2D eigenvalue weighted by Gasteiger charge is 1.99. The van der Waals surface area contributed by atoms with Crippen LogP contribution in [0.3, 0.4) is 0 Å². The number of nitrogens with one attached hydrogen (secondary N) is 1. The molecule has 1 aromatic rings. The second kappa shape index (κ2) is 10.6. The smallest absolute Gasteiger partial charge is 0.0701 e. The standard InChI is InChI=1S/C13H19Br2NO3/c1-17-6-7-19-9-8-18-5-4-16-13-3-2-11(14)10-12(13)15/h2-3,10,16H,4-9H2,1H3. The second-order valence-corrected chi connectivity index (χ2v) is 5.54. The van der Waals surface area contributed by atoms with Gasteiger partial charge in [0.05, 0.1) is 33.0 Å². The maximum atomic E-state index is 5.45. The van der Waals surface area contributed by atoms with Crippen LogP contribution in [0.5, 0.6) is 0 Å². The molecule has 0 bridgehead atoms. The third kappa shape index (κ3) is 7.89. The van der Waals surface area contributed by atoms with Gasteiger partial charge in [-0.3, -0.25) is 0 Å². The molecule has 1 N–H and O–H groups in total. The molecule has 6 heteroatoms. The normalized spacial score (nSPS) is 10.7. The van der Waals surface area contributed by atoms with Crippen LogP contribution in [0.1, 0.15) is 0 Å². The van der Waals surface area contributed by atoms with Gasteiger partial charge in [0.25, 0.3) is 0 Å². The minimum Gasteiger partial charge on any atom is -0.382 e. The summed E-state index contributed by atoms with van der Waals surface area (Å²) in [5.41, 5.74) is 1.06. The van der Waals surface area contributed by atoms with E-state index in [2.05, 4.69) is 37.2 Å². The number of ether oxygens (including phenoxy) is 3. The molecule has 0 aromatic heterocycles. The van der Waals surface area contributed by atoms with E-state index in [1.165, 1.54) is 0 Å². The fourth-order valence-corrected chi connectivity index (χ4v) is 2.54. The molecule has 19 heavy (non-hydrogen) atoms. The van der Waals surface area contributed by atoms with Gasteiger partial charge in [0.1, 0.15) is 0 Å². The number of methoxy groups -OCH3 is 1. The molecule has 1 aromatic carbocycles. The Kier molecular flexibility index (Phi) is 9.46. The predicted molar refractivity (Wildman–Crippen MR) is 83.8 cm³/mol. The molecule has 0 saturated carbocycles. The van der Waals surface area contributed by atoms with Gasteiger partial charge in [-0.25, -0.2) is 0 Å². The lowest BCUT2D eigenvalue weighted by molar-refractivity contribution is 0.0272. The van der Waals surface area contributed by atoms with Gasteiger partial charge in [-0.1, -0.05) is 15.9 Å². The van der Waals surface area contributed by atoms with Crippen LogP contribution in [0.4, 0.5) is 5.69 Å². The molecule has 0 fully saturated rings. The van der Waals surface area contributed by atoms with Crippen molar-refractivity contribution in [2.24, 2.45) is 0 Å². The highest BCUT2D eigenvalue weighted by molar-refractivity contribution is 9.11. The molecule has 0 radical (unpaired) electrons. The Balaban J connectivity index is 2.01. The molecule has 0 amide bonds. The Hall–Kier alpha value is -0.140. The molecule has 0 atom stereocenters. The molecular weight excluding hydrogens is 378 g/mol. The lowest BCUT2D eigenvalue weighted by Crippen LogP contribution is -2.13. The summed E-state index contributed by atoms with van der Waals surface area (Å²) in [4.78, 5) is 0. The van der Waals surface area contributed by atoms with Gasteiger partial charge in [-0.05, 0) is 34.1 Å². The molecule has 4 nitrogen and oxygen atoms in total. The van der Waals surface area contributed by atoms with E-state index in [0.717, 1.165) is 21.2 Å². The largest absolute Gasteiger partial charge is 0.382 e. The molecule has 0 saturated heterocycles. The van der Waals surface area contributed by atoms with E-state index in [0.29, 0.717) is 33.0 Å². The third-order valence-corrected chi connectivity index (χ3v) is 3.45. The molecule has 0 aliphatic rings. The minimum absolute atomic E-state index is 0.603. The number of hydrogen-bond donors (Lipinski definition) is 1. The van der Waals surface area contributed by atoms with Crippen molar-refractivity contribution < 1.29 is 14.2 Å². The Morgan fingerprint density at radius 3 is 2.37 bits per heavy atom. The Morgan fingerprint density at radius 1 is 1.00 bits per heavy atom. The van der Waals surface area contributed by atoms with E-state index in [-0.39, 0.29) is 0 Å². The summed E-state index contributed by atoms with van der Waals surface area (Å²) in [7, 11) is 1.66. The van der Waals surface area contributed by atoms with Crippen LogP contribution >= 0.6 is 31.9 Å². The van der Waals surface area contributed by atoms with Gasteiger partial charge in [-0.2, -0.15) is 0 Å². The summed E-state index contributed by atoms with van der Waals surface area (Å²) >= 11 is 6.92. The summed E-state index contributed by atoms with van der Waals surface area (Å²) in [6.07, 6.45) is 0. The van der Waals surface area contributed by atoms with E-state index >= 15 is 0 Å². The van der Waals surface area contributed by atoms with E-state index < -0.39 is 0 Å². The van der Waals surface area contributed by atoms with Gasteiger partial charge >= 0.3 is 0 Å². The van der Waals surface area contributed by atoms with E-state index in [1.54, 1.807) is 7.11 Å². The number of anilines is 1. The number of halogens is 2. The van der Waals surface area contributed by atoms with Crippen LogP contribution in [0, 0.1) is 0 Å². The fraction of sp³-hybridized carbons (Fsp3) is 0.538. The zero-order valence-electron chi connectivity index (χ0n) is 11.0. The lowest BCUT2D eigenvalue weighted by Gasteiger charge is -2.09. The maximum Gasteiger partial charge on any atom is 0.0701 e. The third-order valence-electron chi connectivity index (χ3n) is 2.30. The summed E-state index contributed by atoms with van der Waals surface area (Å²) in [6, 6.07) is 6.02. The average Bonchev–Trinajstić information content (AvgIpc) is 2.39. The Bertz CT molecular complexity index is 364. The molecule has 0 spiro atoms. The van der Waals surface area contributed by atoms with Crippen LogP contribution in [0.15, 0.2) is 27.1 Å². The van der Waals surface area contributed by atoms with Crippen molar-refractivity contribution in [2.75, 3.05) is 52.0 Å². The molecular formula is C13H19Br2NO3. The summed E-state index contributed by atoms with van der Waals surface area (Å²) < 4.78 is 17.7. The number of benzene rings is 1. The van der Waals surface area contributed by atoms with E-state index in [1.807, 2.05) is 18.2 Å². The van der Waals surface area contributed by atoms with Gasteiger partial charge in [0.15, 0.2) is 0 Å². The first-order chi connectivity index (χ1) is 9.24. The summed E-state index contributed by atoms with van der Waals surface area (Å²) in [5.74, 6) is 0. The van der Waals surface area contributed by atoms with Crippen LogP contribution in [-0.4, -0.2) is 46.7 Å². The summed E-state index contributed by atoms with van der Waals surface area (Å²) in [6.45, 7) is 3.86. The first kappa shape index (κ1) is 16.9. The van der Waals surface area contributed by atoms with Crippen molar-refractivity contribution in [3.63, 3.8) is 0 Å². The van der Waals surface area contributed by atoms with Gasteiger partial charge in [-0.15, -0.1) is 0 Å². The number of rotatable bonds is 10. The minimum atomic E-state index is 0.603. The molecule has 0 heterocycles. The number of hydrogen-bond acceptors (Lipinski definition) is 4. The first-order valence-corrected chi connectivity index (χ1v) is 7.66.